The molecule has 4 N–H and O–H groups in total. The van der Waals surface area contributed by atoms with E-state index >= 15 is 0 Å². The highest BCUT2D eigenvalue weighted by Gasteiger charge is 2.28. The van der Waals surface area contributed by atoms with Gasteiger partial charge in [-0.25, -0.2) is 0 Å². The van der Waals surface area contributed by atoms with Gasteiger partial charge in [-0.1, -0.05) is 24.8 Å². The van der Waals surface area contributed by atoms with Crippen molar-refractivity contribution in [3.05, 3.63) is 22.8 Å². The summed E-state index contributed by atoms with van der Waals surface area (Å²) in [6, 6.07) is 0.460. The van der Waals surface area contributed by atoms with Gasteiger partial charge >= 0.3 is 0 Å². The van der Waals surface area contributed by atoms with Crippen LogP contribution in [0.1, 0.15) is 19.8 Å². The molecule has 1 aliphatic carbocycles. The first-order valence-electron chi connectivity index (χ1n) is 5.13. The molecular formula is C10H19Cl2N3S. The summed E-state index contributed by atoms with van der Waals surface area (Å²) >= 11 is 1.73. The Labute approximate surface area is 114 Å². The monoisotopic (exact) mass is 283 g/mol. The molecule has 0 saturated carbocycles. The first-order chi connectivity index (χ1) is 6.79. The van der Waals surface area contributed by atoms with Crippen LogP contribution in [0.5, 0.6) is 0 Å². The van der Waals surface area contributed by atoms with E-state index in [1.165, 1.54) is 10.6 Å². The van der Waals surface area contributed by atoms with Gasteiger partial charge in [0.05, 0.1) is 0 Å². The molecule has 0 amide bonds. The van der Waals surface area contributed by atoms with Gasteiger partial charge in [0, 0.05) is 23.2 Å². The van der Waals surface area contributed by atoms with Crippen LogP contribution in [0.2, 0.25) is 0 Å². The molecule has 0 aromatic carbocycles. The fourth-order valence-electron chi connectivity index (χ4n) is 1.71. The molecule has 1 fully saturated rings. The normalized spacial score (nSPS) is 26.9. The minimum absolute atomic E-state index is 0. The Morgan fingerprint density at radius 3 is 3.00 bits per heavy atom. The number of thioether (sulfide) groups is 1. The van der Waals surface area contributed by atoms with E-state index in [4.69, 9.17) is 5.73 Å². The van der Waals surface area contributed by atoms with Crippen LogP contribution in [0.3, 0.4) is 0 Å². The van der Waals surface area contributed by atoms with E-state index in [0.717, 1.165) is 19.4 Å². The predicted molar refractivity (Wildman–Crippen MR) is 76.1 cm³/mol. The molecule has 0 radical (unpaired) electrons. The number of allylic oxidation sites excluding steroid dienone is 1. The lowest BCUT2D eigenvalue weighted by molar-refractivity contribution is 0.593. The molecule has 0 aromatic rings. The molecule has 2 aliphatic rings. The Balaban J connectivity index is 0.00000112. The van der Waals surface area contributed by atoms with Crippen molar-refractivity contribution >= 4 is 36.6 Å². The lowest BCUT2D eigenvalue weighted by Gasteiger charge is -2.17. The molecule has 1 saturated heterocycles. The summed E-state index contributed by atoms with van der Waals surface area (Å²) in [5.74, 6) is 0. The Morgan fingerprint density at radius 1 is 1.56 bits per heavy atom. The van der Waals surface area contributed by atoms with Crippen molar-refractivity contribution in [2.75, 3.05) is 6.54 Å². The quantitative estimate of drug-likeness (QED) is 0.741. The molecular weight excluding hydrogens is 265 g/mol. The summed E-state index contributed by atoms with van der Waals surface area (Å²) in [4.78, 5) is 1.37. The van der Waals surface area contributed by atoms with E-state index in [1.54, 1.807) is 11.8 Å². The van der Waals surface area contributed by atoms with Crippen LogP contribution in [-0.4, -0.2) is 18.1 Å². The number of fused-ring (bicyclic) bond motifs is 1. The summed E-state index contributed by atoms with van der Waals surface area (Å²) in [6.45, 7) is 3.22. The van der Waals surface area contributed by atoms with Crippen LogP contribution >= 0.6 is 36.6 Å². The van der Waals surface area contributed by atoms with E-state index in [2.05, 4.69) is 29.7 Å². The van der Waals surface area contributed by atoms with E-state index in [0.29, 0.717) is 6.04 Å². The van der Waals surface area contributed by atoms with Crippen molar-refractivity contribution in [1.29, 1.82) is 0 Å². The fraction of sp³-hybridized carbons (Fsp3) is 0.600. The lowest BCUT2D eigenvalue weighted by atomic mass is 10.1. The van der Waals surface area contributed by atoms with Crippen LogP contribution in [0.25, 0.3) is 0 Å². The SMILES string of the molecule is CCCNC1=CCC2NC(N)SC2=C1.Cl.Cl. The maximum absolute atomic E-state index is 5.81. The number of halogens is 2. The molecule has 0 aromatic heterocycles. The van der Waals surface area contributed by atoms with Crippen LogP contribution in [-0.2, 0) is 0 Å². The van der Waals surface area contributed by atoms with Crippen molar-refractivity contribution in [3.8, 4) is 0 Å². The number of hydrogen-bond donors (Lipinski definition) is 3. The van der Waals surface area contributed by atoms with E-state index in [-0.39, 0.29) is 30.3 Å². The van der Waals surface area contributed by atoms with Gasteiger partial charge in [0.15, 0.2) is 0 Å². The second kappa shape index (κ2) is 7.45. The van der Waals surface area contributed by atoms with Gasteiger partial charge in [-0.2, -0.15) is 0 Å². The minimum atomic E-state index is 0. The van der Waals surface area contributed by atoms with E-state index < -0.39 is 0 Å². The lowest BCUT2D eigenvalue weighted by Crippen LogP contribution is -2.35. The average molecular weight is 284 g/mol. The topological polar surface area (TPSA) is 50.1 Å². The Morgan fingerprint density at radius 2 is 2.31 bits per heavy atom. The van der Waals surface area contributed by atoms with E-state index in [9.17, 15) is 0 Å². The van der Waals surface area contributed by atoms with Crippen LogP contribution in [0.4, 0.5) is 0 Å². The van der Waals surface area contributed by atoms with Gasteiger partial charge < -0.3 is 11.1 Å². The number of rotatable bonds is 3. The van der Waals surface area contributed by atoms with Gasteiger partial charge in [0.1, 0.15) is 5.50 Å². The van der Waals surface area contributed by atoms with Gasteiger partial charge in [-0.05, 0) is 18.9 Å². The minimum Gasteiger partial charge on any atom is -0.385 e. The fourth-order valence-corrected chi connectivity index (χ4v) is 2.76. The third-order valence-electron chi connectivity index (χ3n) is 2.42. The summed E-state index contributed by atoms with van der Waals surface area (Å²) in [5.41, 5.74) is 7.13. The first kappa shape index (κ1) is 16.1. The second-order valence-electron chi connectivity index (χ2n) is 3.63. The van der Waals surface area contributed by atoms with Crippen molar-refractivity contribution < 1.29 is 0 Å². The van der Waals surface area contributed by atoms with Gasteiger partial charge in [-0.15, -0.1) is 24.8 Å². The first-order valence-corrected chi connectivity index (χ1v) is 6.01. The van der Waals surface area contributed by atoms with Gasteiger partial charge in [0.25, 0.3) is 0 Å². The maximum Gasteiger partial charge on any atom is 0.108 e. The molecule has 3 nitrogen and oxygen atoms in total. The third-order valence-corrected chi connectivity index (χ3v) is 3.49. The highest BCUT2D eigenvalue weighted by molar-refractivity contribution is 8.03. The number of nitrogens with one attached hydrogen (secondary N) is 2. The molecule has 1 heterocycles. The molecule has 1 aliphatic heterocycles. The highest BCUT2D eigenvalue weighted by atomic mass is 35.5. The maximum atomic E-state index is 5.81. The molecule has 2 rings (SSSR count). The molecule has 0 bridgehead atoms. The number of hydrogen-bond acceptors (Lipinski definition) is 4. The Kier molecular flexibility index (Phi) is 7.52. The zero-order valence-electron chi connectivity index (χ0n) is 9.23. The largest absolute Gasteiger partial charge is 0.385 e. The predicted octanol–water partition coefficient (Wildman–Crippen LogP) is 1.95. The van der Waals surface area contributed by atoms with Crippen LogP contribution in [0, 0.1) is 0 Å². The molecule has 94 valence electrons. The van der Waals surface area contributed by atoms with Gasteiger partial charge in [-0.3, -0.25) is 5.32 Å². The van der Waals surface area contributed by atoms with E-state index in [1.807, 2.05) is 0 Å². The summed E-state index contributed by atoms with van der Waals surface area (Å²) in [6.07, 6.45) is 6.68. The third kappa shape index (κ3) is 3.86. The summed E-state index contributed by atoms with van der Waals surface area (Å²) in [5, 5.41) is 6.73. The number of nitrogens with two attached hydrogens (primary N) is 1. The van der Waals surface area contributed by atoms with Crippen molar-refractivity contribution in [2.24, 2.45) is 5.73 Å². The van der Waals surface area contributed by atoms with Crippen molar-refractivity contribution in [3.63, 3.8) is 0 Å². The van der Waals surface area contributed by atoms with Gasteiger partial charge in [0.2, 0.25) is 0 Å². The zero-order chi connectivity index (χ0) is 9.97. The van der Waals surface area contributed by atoms with Crippen LogP contribution in [0.15, 0.2) is 22.8 Å². The highest BCUT2D eigenvalue weighted by Crippen LogP contribution is 2.33. The molecule has 6 heteroatoms. The average Bonchev–Trinajstić information content (AvgIpc) is 2.54. The summed E-state index contributed by atoms with van der Waals surface area (Å²) in [7, 11) is 0. The smallest absolute Gasteiger partial charge is 0.108 e. The molecule has 16 heavy (non-hydrogen) atoms. The summed E-state index contributed by atoms with van der Waals surface area (Å²) < 4.78 is 0. The van der Waals surface area contributed by atoms with Crippen molar-refractivity contribution in [1.82, 2.24) is 10.6 Å². The molecule has 2 unspecified atom stereocenters. The van der Waals surface area contributed by atoms with Crippen molar-refractivity contribution in [2.45, 2.75) is 31.3 Å². The standard InChI is InChI=1S/C10H17N3S.2ClH/c1-2-5-12-7-3-4-8-9(6-7)14-10(11)13-8;;/h3,6,8,10,12-13H,2,4-5,11H2,1H3;2*1H. The Bertz CT molecular complexity index is 281. The molecule has 0 spiro atoms. The Hall–Kier alpha value is 0.130. The second-order valence-corrected chi connectivity index (χ2v) is 4.84. The molecule has 2 atom stereocenters. The van der Waals surface area contributed by atoms with Crippen LogP contribution < -0.4 is 16.4 Å². The zero-order valence-corrected chi connectivity index (χ0v) is 11.7.